The molecule has 8 heteroatoms. The fourth-order valence-electron chi connectivity index (χ4n) is 3.57. The van der Waals surface area contributed by atoms with Crippen LogP contribution in [-0.4, -0.2) is 57.4 Å². The van der Waals surface area contributed by atoms with E-state index in [-0.39, 0.29) is 16.6 Å². The Morgan fingerprint density at radius 1 is 0.938 bits per heavy atom. The van der Waals surface area contributed by atoms with Crippen LogP contribution < -0.4 is 10.2 Å². The summed E-state index contributed by atoms with van der Waals surface area (Å²) in [5.74, 6) is 0.521. The lowest BCUT2D eigenvalue weighted by Gasteiger charge is -2.33. The Hall–Kier alpha value is -3.23. The van der Waals surface area contributed by atoms with Crippen molar-refractivity contribution in [3.63, 3.8) is 0 Å². The van der Waals surface area contributed by atoms with Crippen LogP contribution in [0.15, 0.2) is 77.8 Å². The average Bonchev–Trinajstić information content (AvgIpc) is 2.81. The van der Waals surface area contributed by atoms with Crippen molar-refractivity contribution >= 4 is 27.2 Å². The van der Waals surface area contributed by atoms with Crippen LogP contribution in [0.3, 0.4) is 0 Å². The standard InChI is InChI=1S/C24H26N4O3S/c1-27-13-15-28(16-14-27)23-12-11-21(17-25-23)26-24(29)20-9-7-19(8-10-20)18-32(30,31)22-5-3-2-4-6-22/h2-12,17H,13-16,18H2,1H3,(H,26,29). The third-order valence-corrected chi connectivity index (χ3v) is 7.21. The number of hydrogen-bond acceptors (Lipinski definition) is 6. The Morgan fingerprint density at radius 2 is 1.62 bits per heavy atom. The molecule has 0 spiro atoms. The molecule has 0 saturated carbocycles. The lowest BCUT2D eigenvalue weighted by molar-refractivity contribution is 0.102. The number of carbonyl (C=O) groups excluding carboxylic acids is 1. The van der Waals surface area contributed by atoms with Gasteiger partial charge in [0, 0.05) is 31.7 Å². The number of benzene rings is 2. The Kier molecular flexibility index (Phi) is 6.53. The quantitative estimate of drug-likeness (QED) is 0.622. The van der Waals surface area contributed by atoms with Crippen molar-refractivity contribution < 1.29 is 13.2 Å². The van der Waals surface area contributed by atoms with Gasteiger partial charge >= 0.3 is 0 Å². The number of hydrogen-bond donors (Lipinski definition) is 1. The van der Waals surface area contributed by atoms with E-state index in [2.05, 4.69) is 27.1 Å². The SMILES string of the molecule is CN1CCN(c2ccc(NC(=O)c3ccc(CS(=O)(=O)c4ccccc4)cc3)cn2)CC1. The van der Waals surface area contributed by atoms with Crippen LogP contribution >= 0.6 is 0 Å². The molecule has 2 heterocycles. The van der Waals surface area contributed by atoms with Crippen LogP contribution in [0.25, 0.3) is 0 Å². The van der Waals surface area contributed by atoms with Gasteiger partial charge in [-0.05, 0) is 49.0 Å². The Morgan fingerprint density at radius 3 is 2.25 bits per heavy atom. The highest BCUT2D eigenvalue weighted by atomic mass is 32.2. The van der Waals surface area contributed by atoms with Crippen molar-refractivity contribution in [2.75, 3.05) is 43.4 Å². The van der Waals surface area contributed by atoms with Crippen molar-refractivity contribution in [1.82, 2.24) is 9.88 Å². The van der Waals surface area contributed by atoms with Crippen molar-refractivity contribution in [2.24, 2.45) is 0 Å². The van der Waals surface area contributed by atoms with Gasteiger partial charge in [-0.15, -0.1) is 0 Å². The van der Waals surface area contributed by atoms with Crippen molar-refractivity contribution in [3.05, 3.63) is 84.1 Å². The van der Waals surface area contributed by atoms with E-state index in [9.17, 15) is 13.2 Å². The number of sulfone groups is 1. The Bertz CT molecular complexity index is 1160. The van der Waals surface area contributed by atoms with Gasteiger partial charge in [0.25, 0.3) is 5.91 Å². The van der Waals surface area contributed by atoms with E-state index >= 15 is 0 Å². The van der Waals surface area contributed by atoms with E-state index < -0.39 is 9.84 Å². The Labute approximate surface area is 188 Å². The summed E-state index contributed by atoms with van der Waals surface area (Å²) in [5.41, 5.74) is 1.70. The lowest BCUT2D eigenvalue weighted by Crippen LogP contribution is -2.44. The van der Waals surface area contributed by atoms with Gasteiger partial charge in [0.2, 0.25) is 0 Å². The monoisotopic (exact) mass is 450 g/mol. The van der Waals surface area contributed by atoms with Crippen LogP contribution in [0.5, 0.6) is 0 Å². The summed E-state index contributed by atoms with van der Waals surface area (Å²) in [5, 5.41) is 2.84. The molecular weight excluding hydrogens is 424 g/mol. The first kappa shape index (κ1) is 22.0. The number of rotatable bonds is 6. The molecule has 1 aliphatic heterocycles. The molecule has 1 fully saturated rings. The highest BCUT2D eigenvalue weighted by Crippen LogP contribution is 2.19. The van der Waals surface area contributed by atoms with Gasteiger partial charge in [0.15, 0.2) is 9.84 Å². The molecule has 0 radical (unpaired) electrons. The predicted molar refractivity (Wildman–Crippen MR) is 126 cm³/mol. The van der Waals surface area contributed by atoms with Crippen molar-refractivity contribution in [1.29, 1.82) is 0 Å². The molecule has 1 aliphatic rings. The number of piperazine rings is 1. The van der Waals surface area contributed by atoms with Gasteiger partial charge in [0.1, 0.15) is 5.82 Å². The minimum atomic E-state index is -3.43. The zero-order chi connectivity index (χ0) is 22.6. The maximum absolute atomic E-state index is 12.6. The number of nitrogens with zero attached hydrogens (tertiary/aromatic N) is 3. The number of likely N-dealkylation sites (N-methyl/N-ethyl adjacent to an activating group) is 1. The lowest BCUT2D eigenvalue weighted by atomic mass is 10.1. The molecule has 0 atom stereocenters. The fourth-order valence-corrected chi connectivity index (χ4v) is 4.94. The summed E-state index contributed by atoms with van der Waals surface area (Å²) in [7, 11) is -1.32. The first-order valence-electron chi connectivity index (χ1n) is 10.5. The molecule has 0 bridgehead atoms. The summed E-state index contributed by atoms with van der Waals surface area (Å²) >= 11 is 0. The molecule has 0 aliphatic carbocycles. The molecular formula is C24H26N4O3S. The largest absolute Gasteiger partial charge is 0.354 e. The number of anilines is 2. The molecule has 1 N–H and O–H groups in total. The van der Waals surface area contributed by atoms with E-state index in [1.165, 1.54) is 0 Å². The minimum absolute atomic E-state index is 0.114. The van der Waals surface area contributed by atoms with Gasteiger partial charge in [0.05, 0.1) is 22.5 Å². The molecule has 4 rings (SSSR count). The summed E-state index contributed by atoms with van der Waals surface area (Å²) in [4.78, 5) is 21.9. The zero-order valence-corrected chi connectivity index (χ0v) is 18.8. The molecule has 1 saturated heterocycles. The van der Waals surface area contributed by atoms with Gasteiger partial charge in [-0.1, -0.05) is 30.3 Å². The fraction of sp³-hybridized carbons (Fsp3) is 0.250. The minimum Gasteiger partial charge on any atom is -0.354 e. The molecule has 0 unspecified atom stereocenters. The van der Waals surface area contributed by atoms with Crippen LogP contribution in [-0.2, 0) is 15.6 Å². The van der Waals surface area contributed by atoms with Gasteiger partial charge in [-0.3, -0.25) is 4.79 Å². The summed E-state index contributed by atoms with van der Waals surface area (Å²) in [6.07, 6.45) is 1.66. The third-order valence-electron chi connectivity index (χ3n) is 5.51. The van der Waals surface area contributed by atoms with E-state index in [4.69, 9.17) is 0 Å². The normalized spacial score (nSPS) is 14.8. The Balaban J connectivity index is 1.37. The maximum atomic E-state index is 12.6. The second-order valence-corrected chi connectivity index (χ2v) is 9.91. The van der Waals surface area contributed by atoms with Crippen molar-refractivity contribution in [3.8, 4) is 0 Å². The van der Waals surface area contributed by atoms with Crippen LogP contribution in [0.2, 0.25) is 0 Å². The molecule has 3 aromatic rings. The van der Waals surface area contributed by atoms with Gasteiger partial charge < -0.3 is 15.1 Å². The van der Waals surface area contributed by atoms with Crippen LogP contribution in [0.4, 0.5) is 11.5 Å². The van der Waals surface area contributed by atoms with Gasteiger partial charge in [-0.2, -0.15) is 0 Å². The number of carbonyl (C=O) groups is 1. The highest BCUT2D eigenvalue weighted by Gasteiger charge is 2.17. The molecule has 32 heavy (non-hydrogen) atoms. The van der Waals surface area contributed by atoms with E-state index in [0.717, 1.165) is 32.0 Å². The average molecular weight is 451 g/mol. The molecule has 7 nitrogen and oxygen atoms in total. The second-order valence-electron chi connectivity index (χ2n) is 7.92. The second kappa shape index (κ2) is 9.50. The molecule has 2 aromatic carbocycles. The summed E-state index contributed by atoms with van der Waals surface area (Å²) < 4.78 is 25.1. The van der Waals surface area contributed by atoms with Gasteiger partial charge in [-0.25, -0.2) is 13.4 Å². The maximum Gasteiger partial charge on any atom is 0.255 e. The number of nitrogens with one attached hydrogen (secondary N) is 1. The summed E-state index contributed by atoms with van der Waals surface area (Å²) in [6.45, 7) is 3.87. The molecule has 1 aromatic heterocycles. The van der Waals surface area contributed by atoms with E-state index in [1.54, 1.807) is 60.8 Å². The number of amides is 1. The summed E-state index contributed by atoms with van der Waals surface area (Å²) in [6, 6.07) is 18.7. The molecule has 1 amide bonds. The first-order valence-corrected chi connectivity index (χ1v) is 12.1. The topological polar surface area (TPSA) is 82.6 Å². The van der Waals surface area contributed by atoms with E-state index in [1.807, 2.05) is 12.1 Å². The predicted octanol–water partition coefficient (Wildman–Crippen LogP) is 3.06. The zero-order valence-electron chi connectivity index (χ0n) is 17.9. The van der Waals surface area contributed by atoms with Crippen molar-refractivity contribution in [2.45, 2.75) is 10.6 Å². The third kappa shape index (κ3) is 5.33. The van der Waals surface area contributed by atoms with Crippen LogP contribution in [0.1, 0.15) is 15.9 Å². The first-order chi connectivity index (χ1) is 15.4. The number of aromatic nitrogens is 1. The number of pyridine rings is 1. The van der Waals surface area contributed by atoms with Crippen LogP contribution in [0, 0.1) is 0 Å². The molecule has 166 valence electrons. The smallest absolute Gasteiger partial charge is 0.255 e. The highest BCUT2D eigenvalue weighted by molar-refractivity contribution is 7.90. The van der Waals surface area contributed by atoms with E-state index in [0.29, 0.717) is 16.8 Å².